The summed E-state index contributed by atoms with van der Waals surface area (Å²) in [6.45, 7) is 3.79. The molecular formula is C10H13Cl2NO. The molecule has 78 valence electrons. The van der Waals surface area contributed by atoms with Gasteiger partial charge in [0, 0.05) is 15.6 Å². The molecule has 0 fully saturated rings. The Balaban J connectivity index is 3.09. The standard InChI is InChI=1S/C10H13Cl2NO/c1-10(2,13)5-7-8(11)3-6(14)4-9(7)12/h3-4,14H,5,13H2,1-2H3. The largest absolute Gasteiger partial charge is 0.508 e. The summed E-state index contributed by atoms with van der Waals surface area (Å²) in [5.74, 6) is 0.0681. The minimum atomic E-state index is -0.371. The fraction of sp³-hybridized carbons (Fsp3) is 0.400. The van der Waals surface area contributed by atoms with E-state index in [4.69, 9.17) is 28.9 Å². The highest BCUT2D eigenvalue weighted by Gasteiger charge is 2.17. The van der Waals surface area contributed by atoms with E-state index in [9.17, 15) is 5.11 Å². The third-order valence-corrected chi connectivity index (χ3v) is 2.43. The number of hydrogen-bond donors (Lipinski definition) is 2. The highest BCUT2D eigenvalue weighted by molar-refractivity contribution is 6.36. The van der Waals surface area contributed by atoms with Crippen molar-refractivity contribution in [1.82, 2.24) is 0 Å². The number of phenolic OH excluding ortho intramolecular Hbond substituents is 1. The van der Waals surface area contributed by atoms with Crippen molar-refractivity contribution in [2.45, 2.75) is 25.8 Å². The molecule has 1 rings (SSSR count). The third kappa shape index (κ3) is 3.05. The molecule has 1 aromatic carbocycles. The minimum Gasteiger partial charge on any atom is -0.508 e. The van der Waals surface area contributed by atoms with E-state index in [-0.39, 0.29) is 11.3 Å². The van der Waals surface area contributed by atoms with Crippen molar-refractivity contribution >= 4 is 23.2 Å². The fourth-order valence-corrected chi connectivity index (χ4v) is 1.82. The SMILES string of the molecule is CC(C)(N)Cc1c(Cl)cc(O)cc1Cl. The first-order chi connectivity index (χ1) is 6.29. The van der Waals surface area contributed by atoms with E-state index in [2.05, 4.69) is 0 Å². The van der Waals surface area contributed by atoms with E-state index in [0.717, 1.165) is 5.56 Å². The summed E-state index contributed by atoms with van der Waals surface area (Å²) >= 11 is 11.9. The first-order valence-corrected chi connectivity index (χ1v) is 5.01. The van der Waals surface area contributed by atoms with Crippen LogP contribution in [0.5, 0.6) is 5.75 Å². The Morgan fingerprint density at radius 2 is 1.71 bits per heavy atom. The average molecular weight is 234 g/mol. The Morgan fingerprint density at radius 1 is 1.29 bits per heavy atom. The van der Waals surface area contributed by atoms with Crippen LogP contribution in [-0.2, 0) is 6.42 Å². The van der Waals surface area contributed by atoms with Crippen molar-refractivity contribution < 1.29 is 5.11 Å². The molecule has 0 aliphatic rings. The van der Waals surface area contributed by atoms with Gasteiger partial charge in [0.2, 0.25) is 0 Å². The molecule has 14 heavy (non-hydrogen) atoms. The van der Waals surface area contributed by atoms with Gasteiger partial charge >= 0.3 is 0 Å². The smallest absolute Gasteiger partial charge is 0.118 e. The number of phenols is 1. The zero-order valence-electron chi connectivity index (χ0n) is 8.14. The van der Waals surface area contributed by atoms with Gasteiger partial charge in [0.05, 0.1) is 0 Å². The quantitative estimate of drug-likeness (QED) is 0.826. The Morgan fingerprint density at radius 3 is 2.07 bits per heavy atom. The van der Waals surface area contributed by atoms with Crippen molar-refractivity contribution in [3.63, 3.8) is 0 Å². The molecule has 0 aromatic heterocycles. The number of aromatic hydroxyl groups is 1. The maximum atomic E-state index is 9.22. The summed E-state index contributed by atoms with van der Waals surface area (Å²) in [4.78, 5) is 0. The summed E-state index contributed by atoms with van der Waals surface area (Å²) in [5.41, 5.74) is 6.27. The molecule has 2 nitrogen and oxygen atoms in total. The van der Waals surface area contributed by atoms with Gasteiger partial charge < -0.3 is 10.8 Å². The van der Waals surface area contributed by atoms with Crippen LogP contribution in [0, 0.1) is 0 Å². The Labute approximate surface area is 93.6 Å². The van der Waals surface area contributed by atoms with Crippen LogP contribution >= 0.6 is 23.2 Å². The second-order valence-electron chi connectivity index (χ2n) is 4.05. The molecule has 3 N–H and O–H groups in total. The lowest BCUT2D eigenvalue weighted by molar-refractivity contribution is 0.474. The molecule has 0 aliphatic heterocycles. The van der Waals surface area contributed by atoms with Gasteiger partial charge in [-0.1, -0.05) is 23.2 Å². The number of nitrogens with two attached hydrogens (primary N) is 1. The first-order valence-electron chi connectivity index (χ1n) is 4.25. The first kappa shape index (κ1) is 11.6. The molecule has 0 amide bonds. The summed E-state index contributed by atoms with van der Waals surface area (Å²) in [7, 11) is 0. The van der Waals surface area contributed by atoms with E-state index in [1.807, 2.05) is 13.8 Å². The van der Waals surface area contributed by atoms with Gasteiger partial charge in [0.1, 0.15) is 5.75 Å². The fourth-order valence-electron chi connectivity index (χ4n) is 1.21. The zero-order valence-corrected chi connectivity index (χ0v) is 9.65. The van der Waals surface area contributed by atoms with Gasteiger partial charge in [0.15, 0.2) is 0 Å². The molecule has 0 bridgehead atoms. The molecule has 4 heteroatoms. The van der Waals surface area contributed by atoms with Gasteiger partial charge in [-0.15, -0.1) is 0 Å². The van der Waals surface area contributed by atoms with Crippen LogP contribution in [0.3, 0.4) is 0 Å². The van der Waals surface area contributed by atoms with Crippen LogP contribution in [0.15, 0.2) is 12.1 Å². The lowest BCUT2D eigenvalue weighted by Gasteiger charge is -2.20. The summed E-state index contributed by atoms with van der Waals surface area (Å²) in [6, 6.07) is 2.93. The van der Waals surface area contributed by atoms with Gasteiger partial charge in [-0.2, -0.15) is 0 Å². The molecule has 0 saturated carbocycles. The van der Waals surface area contributed by atoms with Crippen molar-refractivity contribution in [3.05, 3.63) is 27.7 Å². The normalized spacial score (nSPS) is 11.8. The van der Waals surface area contributed by atoms with Crippen LogP contribution in [0.4, 0.5) is 0 Å². The van der Waals surface area contributed by atoms with Crippen molar-refractivity contribution in [3.8, 4) is 5.75 Å². The molecule has 0 atom stereocenters. The highest BCUT2D eigenvalue weighted by atomic mass is 35.5. The molecule has 0 heterocycles. The molecule has 0 radical (unpaired) electrons. The maximum absolute atomic E-state index is 9.22. The van der Waals surface area contributed by atoms with E-state index in [1.165, 1.54) is 12.1 Å². The molecular weight excluding hydrogens is 221 g/mol. The predicted octanol–water partition coefficient (Wildman–Crippen LogP) is 2.98. The van der Waals surface area contributed by atoms with Crippen LogP contribution in [0.1, 0.15) is 19.4 Å². The van der Waals surface area contributed by atoms with E-state index >= 15 is 0 Å². The lowest BCUT2D eigenvalue weighted by atomic mass is 9.96. The summed E-state index contributed by atoms with van der Waals surface area (Å²) in [5, 5.41) is 10.1. The van der Waals surface area contributed by atoms with Gasteiger partial charge in [-0.3, -0.25) is 0 Å². The topological polar surface area (TPSA) is 46.2 Å². The number of halogens is 2. The number of hydrogen-bond acceptors (Lipinski definition) is 2. The average Bonchev–Trinajstić information content (AvgIpc) is 1.95. The Kier molecular flexibility index (Phi) is 3.30. The Bertz CT molecular complexity index is 321. The minimum absolute atomic E-state index is 0.0681. The monoisotopic (exact) mass is 233 g/mol. The van der Waals surface area contributed by atoms with E-state index in [0.29, 0.717) is 16.5 Å². The van der Waals surface area contributed by atoms with Gasteiger partial charge in [0.25, 0.3) is 0 Å². The lowest BCUT2D eigenvalue weighted by Crippen LogP contribution is -2.34. The van der Waals surface area contributed by atoms with Crippen LogP contribution in [-0.4, -0.2) is 10.6 Å². The van der Waals surface area contributed by atoms with Crippen LogP contribution in [0.25, 0.3) is 0 Å². The predicted molar refractivity (Wildman–Crippen MR) is 60.1 cm³/mol. The maximum Gasteiger partial charge on any atom is 0.118 e. The summed E-state index contributed by atoms with van der Waals surface area (Å²) in [6.07, 6.45) is 0.574. The van der Waals surface area contributed by atoms with Crippen molar-refractivity contribution in [2.24, 2.45) is 5.73 Å². The molecule has 0 spiro atoms. The third-order valence-electron chi connectivity index (χ3n) is 1.76. The zero-order chi connectivity index (χ0) is 10.9. The Hall–Kier alpha value is -0.440. The highest BCUT2D eigenvalue weighted by Crippen LogP contribution is 2.31. The number of benzene rings is 1. The van der Waals surface area contributed by atoms with E-state index < -0.39 is 0 Å². The molecule has 1 aromatic rings. The van der Waals surface area contributed by atoms with Crippen molar-refractivity contribution in [2.75, 3.05) is 0 Å². The second-order valence-corrected chi connectivity index (χ2v) is 4.87. The molecule has 0 aliphatic carbocycles. The summed E-state index contributed by atoms with van der Waals surface area (Å²) < 4.78 is 0. The molecule has 0 unspecified atom stereocenters. The number of rotatable bonds is 2. The van der Waals surface area contributed by atoms with Crippen molar-refractivity contribution in [1.29, 1.82) is 0 Å². The van der Waals surface area contributed by atoms with Gasteiger partial charge in [-0.05, 0) is 38.0 Å². The molecule has 0 saturated heterocycles. The van der Waals surface area contributed by atoms with Crippen LogP contribution in [0.2, 0.25) is 10.0 Å². The second kappa shape index (κ2) is 3.97. The van der Waals surface area contributed by atoms with E-state index in [1.54, 1.807) is 0 Å². The van der Waals surface area contributed by atoms with Gasteiger partial charge in [-0.25, -0.2) is 0 Å². The van der Waals surface area contributed by atoms with Crippen LogP contribution < -0.4 is 5.73 Å².